The molecule has 0 aliphatic carbocycles. The Kier molecular flexibility index (Phi) is 3.61. The highest BCUT2D eigenvalue weighted by molar-refractivity contribution is 8.03. The minimum Gasteiger partial charge on any atom is -0.265 e. The molecule has 0 aliphatic rings. The molecule has 0 aliphatic heterocycles. The number of thioether (sulfide) groups is 1. The van der Waals surface area contributed by atoms with Gasteiger partial charge in [-0.3, -0.25) is 4.98 Å². The van der Waals surface area contributed by atoms with Crippen molar-refractivity contribution in [2.24, 2.45) is 0 Å². The van der Waals surface area contributed by atoms with Crippen molar-refractivity contribution in [3.8, 4) is 0 Å². The van der Waals surface area contributed by atoms with Crippen LogP contribution in [0.25, 0.3) is 0 Å². The third-order valence-electron chi connectivity index (χ3n) is 1.37. The van der Waals surface area contributed by atoms with E-state index in [9.17, 15) is 0 Å². The molecule has 1 rings (SSSR count). The van der Waals surface area contributed by atoms with Crippen molar-refractivity contribution in [3.63, 3.8) is 0 Å². The second-order valence-electron chi connectivity index (χ2n) is 2.18. The maximum absolute atomic E-state index is 3.95. The van der Waals surface area contributed by atoms with Crippen molar-refractivity contribution in [2.75, 3.05) is 0 Å². The summed E-state index contributed by atoms with van der Waals surface area (Å²) in [6, 6.07) is 3.97. The SMILES string of the molecule is C=C/C(=C/C)Sc1ccncc1. The van der Waals surface area contributed by atoms with Gasteiger partial charge in [0.15, 0.2) is 0 Å². The Bertz CT molecular complexity index is 277. The van der Waals surface area contributed by atoms with E-state index in [2.05, 4.69) is 11.6 Å². The Morgan fingerprint density at radius 1 is 1.50 bits per heavy atom. The molecule has 0 aromatic carbocycles. The highest BCUT2D eigenvalue weighted by Gasteiger charge is 1.93. The Morgan fingerprint density at radius 3 is 2.67 bits per heavy atom. The van der Waals surface area contributed by atoms with E-state index >= 15 is 0 Å². The quantitative estimate of drug-likeness (QED) is 0.519. The lowest BCUT2D eigenvalue weighted by Gasteiger charge is -1.99. The highest BCUT2D eigenvalue weighted by atomic mass is 32.2. The van der Waals surface area contributed by atoms with E-state index in [1.165, 1.54) is 9.80 Å². The van der Waals surface area contributed by atoms with Crippen molar-refractivity contribution in [3.05, 3.63) is 48.2 Å². The third-order valence-corrected chi connectivity index (χ3v) is 2.52. The standard InChI is InChI=1S/C10H11NS/c1-3-9(4-2)12-10-5-7-11-8-6-10/h3-8H,1H2,2H3/b9-4-. The van der Waals surface area contributed by atoms with Crippen LogP contribution in [-0.2, 0) is 0 Å². The normalized spacial score (nSPS) is 11.2. The minimum absolute atomic E-state index is 1.17. The molecule has 1 nitrogen and oxygen atoms in total. The average molecular weight is 177 g/mol. The molecular formula is C10H11NS. The summed E-state index contributed by atoms with van der Waals surface area (Å²) >= 11 is 1.69. The van der Waals surface area contributed by atoms with Gasteiger partial charge in [0.2, 0.25) is 0 Å². The Labute approximate surface area is 77.2 Å². The molecule has 1 aromatic rings. The fourth-order valence-corrected chi connectivity index (χ4v) is 1.49. The van der Waals surface area contributed by atoms with Crippen LogP contribution in [-0.4, -0.2) is 4.98 Å². The molecule has 0 spiro atoms. The van der Waals surface area contributed by atoms with E-state index < -0.39 is 0 Å². The summed E-state index contributed by atoms with van der Waals surface area (Å²) in [4.78, 5) is 6.31. The molecule has 0 unspecified atom stereocenters. The van der Waals surface area contributed by atoms with Crippen molar-refractivity contribution >= 4 is 11.8 Å². The maximum Gasteiger partial charge on any atom is 0.0279 e. The molecule has 0 amide bonds. The molecule has 0 saturated heterocycles. The molecule has 12 heavy (non-hydrogen) atoms. The van der Waals surface area contributed by atoms with Gasteiger partial charge < -0.3 is 0 Å². The van der Waals surface area contributed by atoms with Crippen molar-refractivity contribution in [1.29, 1.82) is 0 Å². The van der Waals surface area contributed by atoms with E-state index in [0.29, 0.717) is 0 Å². The van der Waals surface area contributed by atoms with E-state index in [4.69, 9.17) is 0 Å². The summed E-state index contributed by atoms with van der Waals surface area (Å²) in [5.41, 5.74) is 0. The van der Waals surface area contributed by atoms with Crippen LogP contribution in [0.15, 0.2) is 53.1 Å². The van der Waals surface area contributed by atoms with Crippen LogP contribution in [0, 0.1) is 0 Å². The van der Waals surface area contributed by atoms with Gasteiger partial charge in [-0.15, -0.1) is 0 Å². The van der Waals surface area contributed by atoms with E-state index in [0.717, 1.165) is 0 Å². The molecular weight excluding hydrogens is 166 g/mol. The number of hydrogen-bond acceptors (Lipinski definition) is 2. The lowest BCUT2D eigenvalue weighted by Crippen LogP contribution is -1.73. The molecule has 0 saturated carbocycles. The summed E-state index contributed by atoms with van der Waals surface area (Å²) in [5, 5.41) is 0. The molecule has 1 aromatic heterocycles. The number of nitrogens with zero attached hydrogens (tertiary/aromatic N) is 1. The van der Waals surface area contributed by atoms with E-state index in [1.54, 1.807) is 24.2 Å². The van der Waals surface area contributed by atoms with Crippen LogP contribution in [0.5, 0.6) is 0 Å². The first-order valence-corrected chi connectivity index (χ1v) is 4.55. The minimum atomic E-state index is 1.17. The largest absolute Gasteiger partial charge is 0.265 e. The first kappa shape index (κ1) is 9.07. The van der Waals surface area contributed by atoms with Crippen LogP contribution in [0.2, 0.25) is 0 Å². The summed E-state index contributed by atoms with van der Waals surface area (Å²) < 4.78 is 0. The lowest BCUT2D eigenvalue weighted by molar-refractivity contribution is 1.26. The molecule has 0 bridgehead atoms. The Hall–Kier alpha value is -1.02. The van der Waals surface area contributed by atoms with Gasteiger partial charge in [0, 0.05) is 22.2 Å². The summed E-state index contributed by atoms with van der Waals surface area (Å²) in [5.74, 6) is 0. The fourth-order valence-electron chi connectivity index (χ4n) is 0.761. The fraction of sp³-hybridized carbons (Fsp3) is 0.100. The summed E-state index contributed by atoms with van der Waals surface area (Å²) in [6.07, 6.45) is 7.47. The van der Waals surface area contributed by atoms with Crippen LogP contribution in [0.4, 0.5) is 0 Å². The van der Waals surface area contributed by atoms with Gasteiger partial charge in [0.05, 0.1) is 0 Å². The summed E-state index contributed by atoms with van der Waals surface area (Å²) in [6.45, 7) is 5.73. The van der Waals surface area contributed by atoms with Crippen LogP contribution in [0.3, 0.4) is 0 Å². The second kappa shape index (κ2) is 4.78. The van der Waals surface area contributed by atoms with Gasteiger partial charge in [-0.25, -0.2) is 0 Å². The number of rotatable bonds is 3. The van der Waals surface area contributed by atoms with E-state index in [1.807, 2.05) is 31.2 Å². The Morgan fingerprint density at radius 2 is 2.17 bits per heavy atom. The second-order valence-corrected chi connectivity index (χ2v) is 3.33. The van der Waals surface area contributed by atoms with Crippen LogP contribution < -0.4 is 0 Å². The third kappa shape index (κ3) is 2.55. The smallest absolute Gasteiger partial charge is 0.0279 e. The van der Waals surface area contributed by atoms with Crippen molar-refractivity contribution in [2.45, 2.75) is 11.8 Å². The molecule has 0 atom stereocenters. The predicted octanol–water partition coefficient (Wildman–Crippen LogP) is 3.26. The van der Waals surface area contributed by atoms with Gasteiger partial charge >= 0.3 is 0 Å². The number of pyridine rings is 1. The number of aromatic nitrogens is 1. The molecule has 62 valence electrons. The molecule has 1 heterocycles. The van der Waals surface area contributed by atoms with Gasteiger partial charge in [-0.2, -0.15) is 0 Å². The zero-order valence-corrected chi connectivity index (χ0v) is 7.84. The average Bonchev–Trinajstić information content (AvgIpc) is 2.16. The zero-order valence-electron chi connectivity index (χ0n) is 7.03. The molecule has 0 N–H and O–H groups in total. The first-order valence-electron chi connectivity index (χ1n) is 3.73. The van der Waals surface area contributed by atoms with Crippen molar-refractivity contribution < 1.29 is 0 Å². The van der Waals surface area contributed by atoms with E-state index in [-0.39, 0.29) is 0 Å². The topological polar surface area (TPSA) is 12.9 Å². The van der Waals surface area contributed by atoms with Gasteiger partial charge in [0.1, 0.15) is 0 Å². The van der Waals surface area contributed by atoms with Crippen LogP contribution >= 0.6 is 11.8 Å². The molecule has 0 radical (unpaired) electrons. The maximum atomic E-state index is 3.95. The first-order chi connectivity index (χ1) is 5.86. The van der Waals surface area contributed by atoms with Crippen LogP contribution in [0.1, 0.15) is 6.92 Å². The highest BCUT2D eigenvalue weighted by Crippen LogP contribution is 2.25. The van der Waals surface area contributed by atoms with Gasteiger partial charge in [0.25, 0.3) is 0 Å². The summed E-state index contributed by atoms with van der Waals surface area (Å²) in [7, 11) is 0. The molecule has 2 heteroatoms. The number of allylic oxidation sites excluding steroid dienone is 2. The van der Waals surface area contributed by atoms with Gasteiger partial charge in [-0.05, 0) is 19.1 Å². The number of hydrogen-bond donors (Lipinski definition) is 0. The Balaban J connectivity index is 2.70. The molecule has 0 fully saturated rings. The predicted molar refractivity (Wildman–Crippen MR) is 54.0 cm³/mol. The van der Waals surface area contributed by atoms with Crippen molar-refractivity contribution in [1.82, 2.24) is 4.98 Å². The zero-order chi connectivity index (χ0) is 8.81. The van der Waals surface area contributed by atoms with Gasteiger partial charge in [-0.1, -0.05) is 30.5 Å². The monoisotopic (exact) mass is 177 g/mol. The lowest BCUT2D eigenvalue weighted by atomic mass is 10.5.